The molecule has 108 valence electrons. The minimum atomic E-state index is 0.00475. The van der Waals surface area contributed by atoms with Crippen LogP contribution < -0.4 is 5.32 Å². The maximum absolute atomic E-state index is 11.3. The number of hydrogen-bond donors (Lipinski definition) is 1. The van der Waals surface area contributed by atoms with E-state index in [2.05, 4.69) is 26.1 Å². The third-order valence-electron chi connectivity index (χ3n) is 6.19. The van der Waals surface area contributed by atoms with Crippen LogP contribution in [0.5, 0.6) is 0 Å². The Morgan fingerprint density at radius 2 is 1.84 bits per heavy atom. The van der Waals surface area contributed by atoms with E-state index in [4.69, 9.17) is 4.74 Å². The van der Waals surface area contributed by atoms with Crippen LogP contribution in [0.1, 0.15) is 66.2 Å². The van der Waals surface area contributed by atoms with Crippen LogP contribution in [0.15, 0.2) is 0 Å². The molecule has 0 radical (unpaired) electrons. The lowest BCUT2D eigenvalue weighted by atomic mass is 9.55. The molecule has 3 heteroatoms. The predicted molar refractivity (Wildman–Crippen MR) is 74.8 cm³/mol. The van der Waals surface area contributed by atoms with E-state index < -0.39 is 0 Å². The summed E-state index contributed by atoms with van der Waals surface area (Å²) in [6.07, 6.45) is 7.06. The van der Waals surface area contributed by atoms with Crippen molar-refractivity contribution in [3.8, 4) is 0 Å². The first-order valence-electron chi connectivity index (χ1n) is 7.74. The third kappa shape index (κ3) is 1.93. The SMILES string of the molecule is CC(=O)NC1CC[C@@]2(C)CCC3CC2(C1)OC3(C)C. The van der Waals surface area contributed by atoms with Crippen molar-refractivity contribution in [1.29, 1.82) is 0 Å². The van der Waals surface area contributed by atoms with Crippen LogP contribution in [0.3, 0.4) is 0 Å². The molecule has 1 spiro atoms. The molecule has 3 fully saturated rings. The Balaban J connectivity index is 1.87. The van der Waals surface area contributed by atoms with Crippen molar-refractivity contribution < 1.29 is 9.53 Å². The largest absolute Gasteiger partial charge is 0.368 e. The van der Waals surface area contributed by atoms with E-state index in [9.17, 15) is 4.79 Å². The van der Waals surface area contributed by atoms with Crippen LogP contribution >= 0.6 is 0 Å². The van der Waals surface area contributed by atoms with Gasteiger partial charge in [0.1, 0.15) is 0 Å². The van der Waals surface area contributed by atoms with Gasteiger partial charge >= 0.3 is 0 Å². The molecule has 2 saturated carbocycles. The topological polar surface area (TPSA) is 38.3 Å². The summed E-state index contributed by atoms with van der Waals surface area (Å²) in [5.41, 5.74) is 0.326. The maximum atomic E-state index is 11.3. The number of amides is 1. The van der Waals surface area contributed by atoms with E-state index in [1.165, 1.54) is 25.7 Å². The number of fused-ring (bicyclic) bond motifs is 1. The Hall–Kier alpha value is -0.570. The lowest BCUT2D eigenvalue weighted by Gasteiger charge is -2.53. The molecule has 0 aromatic heterocycles. The second kappa shape index (κ2) is 3.97. The smallest absolute Gasteiger partial charge is 0.217 e. The summed E-state index contributed by atoms with van der Waals surface area (Å²) in [5, 5.41) is 3.12. The molecule has 1 aliphatic heterocycles. The van der Waals surface area contributed by atoms with Crippen molar-refractivity contribution in [1.82, 2.24) is 5.32 Å². The molecule has 3 rings (SSSR count). The van der Waals surface area contributed by atoms with Crippen molar-refractivity contribution in [3.63, 3.8) is 0 Å². The first-order chi connectivity index (χ1) is 8.76. The summed E-state index contributed by atoms with van der Waals surface area (Å²) in [7, 11) is 0. The van der Waals surface area contributed by atoms with Gasteiger partial charge in [0.25, 0.3) is 0 Å². The van der Waals surface area contributed by atoms with Gasteiger partial charge in [0.05, 0.1) is 11.2 Å². The Morgan fingerprint density at radius 3 is 2.53 bits per heavy atom. The highest BCUT2D eigenvalue weighted by atomic mass is 16.5. The van der Waals surface area contributed by atoms with Crippen LogP contribution in [0.2, 0.25) is 0 Å². The molecule has 1 heterocycles. The minimum Gasteiger partial charge on any atom is -0.368 e. The summed E-state index contributed by atoms with van der Waals surface area (Å²) in [4.78, 5) is 11.3. The molecule has 1 amide bonds. The third-order valence-corrected chi connectivity index (χ3v) is 6.19. The van der Waals surface area contributed by atoms with Crippen molar-refractivity contribution in [3.05, 3.63) is 0 Å². The summed E-state index contributed by atoms with van der Waals surface area (Å²) in [6, 6.07) is 0.304. The fourth-order valence-electron chi connectivity index (χ4n) is 4.94. The maximum Gasteiger partial charge on any atom is 0.217 e. The van der Waals surface area contributed by atoms with Gasteiger partial charge in [0.15, 0.2) is 0 Å². The first kappa shape index (κ1) is 13.4. The highest BCUT2D eigenvalue weighted by Gasteiger charge is 2.64. The fraction of sp³-hybridized carbons (Fsp3) is 0.938. The zero-order valence-corrected chi connectivity index (χ0v) is 12.7. The molecule has 0 aromatic carbocycles. The minimum absolute atomic E-state index is 0.00475. The van der Waals surface area contributed by atoms with Crippen molar-refractivity contribution >= 4 is 5.91 Å². The molecule has 19 heavy (non-hydrogen) atoms. The van der Waals surface area contributed by atoms with Gasteiger partial charge in [0, 0.05) is 13.0 Å². The standard InChI is InChI=1S/C16H27NO2/c1-11(18)17-13-6-8-15(4)7-5-12-9-16(15,10-13)19-14(12,2)3/h12-13H,5-10H2,1-4H3,(H,17,18)/t12?,13?,15-,16?/m1/s1. The Kier molecular flexibility index (Phi) is 2.80. The lowest BCUT2D eigenvalue weighted by Crippen LogP contribution is -2.56. The van der Waals surface area contributed by atoms with Gasteiger partial charge in [0.2, 0.25) is 5.91 Å². The van der Waals surface area contributed by atoms with Crippen LogP contribution in [0, 0.1) is 11.3 Å². The van der Waals surface area contributed by atoms with Crippen LogP contribution in [0.25, 0.3) is 0 Å². The highest BCUT2D eigenvalue weighted by Crippen LogP contribution is 2.63. The van der Waals surface area contributed by atoms with Gasteiger partial charge < -0.3 is 10.1 Å². The first-order valence-corrected chi connectivity index (χ1v) is 7.74. The molecule has 3 nitrogen and oxygen atoms in total. The Morgan fingerprint density at radius 1 is 1.16 bits per heavy atom. The lowest BCUT2D eigenvalue weighted by molar-refractivity contribution is -0.172. The molecule has 2 aliphatic carbocycles. The molecular formula is C16H27NO2. The van der Waals surface area contributed by atoms with Crippen LogP contribution in [-0.4, -0.2) is 23.2 Å². The van der Waals surface area contributed by atoms with Crippen molar-refractivity contribution in [2.45, 2.75) is 83.5 Å². The average molecular weight is 265 g/mol. The quantitative estimate of drug-likeness (QED) is 0.791. The molecule has 3 aliphatic rings. The van der Waals surface area contributed by atoms with Crippen molar-refractivity contribution in [2.24, 2.45) is 11.3 Å². The number of hydrogen-bond acceptors (Lipinski definition) is 2. The Labute approximate surface area is 116 Å². The van der Waals surface area contributed by atoms with Gasteiger partial charge in [-0.05, 0) is 63.7 Å². The summed E-state index contributed by atoms with van der Waals surface area (Å²) in [6.45, 7) is 8.53. The zero-order chi connectivity index (χ0) is 13.9. The highest BCUT2D eigenvalue weighted by molar-refractivity contribution is 5.73. The Bertz CT molecular complexity index is 406. The number of carbonyl (C=O) groups excluding carboxylic acids is 1. The van der Waals surface area contributed by atoms with E-state index in [-0.39, 0.29) is 17.1 Å². The molecule has 4 atom stereocenters. The molecule has 0 aromatic rings. The van der Waals surface area contributed by atoms with Crippen molar-refractivity contribution in [2.75, 3.05) is 0 Å². The van der Waals surface area contributed by atoms with Crippen LogP contribution in [0.4, 0.5) is 0 Å². The van der Waals surface area contributed by atoms with E-state index in [0.717, 1.165) is 12.8 Å². The fourth-order valence-corrected chi connectivity index (χ4v) is 4.94. The second-order valence-corrected chi connectivity index (χ2v) is 7.84. The van der Waals surface area contributed by atoms with E-state index >= 15 is 0 Å². The average Bonchev–Trinajstić information content (AvgIpc) is 2.49. The van der Waals surface area contributed by atoms with Gasteiger partial charge in [-0.3, -0.25) is 4.79 Å². The van der Waals surface area contributed by atoms with Crippen LogP contribution in [-0.2, 0) is 9.53 Å². The number of ether oxygens (including phenoxy) is 1. The van der Waals surface area contributed by atoms with E-state index in [1.807, 2.05) is 0 Å². The monoisotopic (exact) mass is 265 g/mol. The molecular weight excluding hydrogens is 238 g/mol. The number of rotatable bonds is 1. The molecule has 2 bridgehead atoms. The summed E-state index contributed by atoms with van der Waals surface area (Å²) < 4.78 is 6.63. The molecule has 1 N–H and O–H groups in total. The normalized spacial score (nSPS) is 47.6. The molecule has 3 unspecified atom stereocenters. The van der Waals surface area contributed by atoms with Gasteiger partial charge in [-0.25, -0.2) is 0 Å². The summed E-state index contributed by atoms with van der Waals surface area (Å²) in [5.74, 6) is 0.784. The summed E-state index contributed by atoms with van der Waals surface area (Å²) >= 11 is 0. The van der Waals surface area contributed by atoms with Gasteiger partial charge in [-0.15, -0.1) is 0 Å². The second-order valence-electron chi connectivity index (χ2n) is 7.84. The van der Waals surface area contributed by atoms with E-state index in [1.54, 1.807) is 6.92 Å². The number of carbonyl (C=O) groups is 1. The predicted octanol–water partition coefficient (Wildman–Crippen LogP) is 3.03. The number of nitrogens with one attached hydrogen (secondary N) is 1. The molecule has 1 saturated heterocycles. The van der Waals surface area contributed by atoms with Gasteiger partial charge in [-0.2, -0.15) is 0 Å². The van der Waals surface area contributed by atoms with Gasteiger partial charge in [-0.1, -0.05) is 6.92 Å². The zero-order valence-electron chi connectivity index (χ0n) is 12.7. The van der Waals surface area contributed by atoms with E-state index in [0.29, 0.717) is 17.4 Å².